The highest BCUT2D eigenvalue weighted by Gasteiger charge is 2.53. The zero-order valence-corrected chi connectivity index (χ0v) is 15.5. The quantitative estimate of drug-likeness (QED) is 0.205. The van der Waals surface area contributed by atoms with Gasteiger partial charge in [0.1, 0.15) is 18.3 Å². The molecule has 1 heterocycles. The van der Waals surface area contributed by atoms with Crippen molar-refractivity contribution in [2.75, 3.05) is 6.61 Å². The lowest BCUT2D eigenvalue weighted by molar-refractivity contribution is -0.295. The number of amides is 1. The lowest BCUT2D eigenvalue weighted by Crippen LogP contribution is -2.67. The molecule has 10 heteroatoms. The second kappa shape index (κ2) is 10.9. The van der Waals surface area contributed by atoms with Crippen LogP contribution in [0.2, 0.25) is 0 Å². The number of carboxylic acids is 1. The van der Waals surface area contributed by atoms with E-state index in [1.54, 1.807) is 0 Å². The number of ether oxygens (including phenoxy) is 1. The van der Waals surface area contributed by atoms with Gasteiger partial charge in [-0.15, -0.1) is 0 Å². The number of aliphatic hydroxyl groups excluding tert-OH is 4. The molecule has 1 aliphatic heterocycles. The SMILES string of the molecule is CCCCCCCC(=O)N[C@H]1[C@H]([C@H](O)[C@H](O)CO)O[C@](O)(C(=O)O)C[C@@H]1O. The van der Waals surface area contributed by atoms with Crippen molar-refractivity contribution < 1.29 is 45.0 Å². The third kappa shape index (κ3) is 6.66. The summed E-state index contributed by atoms with van der Waals surface area (Å²) in [5.74, 6) is -5.00. The maximum Gasteiger partial charge on any atom is 0.364 e. The molecule has 6 atom stereocenters. The van der Waals surface area contributed by atoms with Crippen LogP contribution in [0.25, 0.3) is 0 Å². The maximum atomic E-state index is 12.1. The first-order valence-corrected chi connectivity index (χ1v) is 9.24. The first-order valence-electron chi connectivity index (χ1n) is 9.24. The van der Waals surface area contributed by atoms with E-state index in [0.717, 1.165) is 25.7 Å². The molecule has 1 saturated heterocycles. The summed E-state index contributed by atoms with van der Waals surface area (Å²) >= 11 is 0. The van der Waals surface area contributed by atoms with Crippen LogP contribution in [-0.4, -0.2) is 85.4 Å². The summed E-state index contributed by atoms with van der Waals surface area (Å²) in [5, 5.41) is 60.6. The molecule has 7 N–H and O–H groups in total. The Balaban J connectivity index is 2.81. The Morgan fingerprint density at radius 1 is 1.22 bits per heavy atom. The fourth-order valence-electron chi connectivity index (χ4n) is 3.05. The summed E-state index contributed by atoms with van der Waals surface area (Å²) in [6.45, 7) is 1.21. The van der Waals surface area contributed by atoms with Crippen molar-refractivity contribution in [1.82, 2.24) is 5.32 Å². The first-order chi connectivity index (χ1) is 12.7. The molecule has 0 aromatic carbocycles. The molecule has 1 rings (SSSR count). The molecule has 0 spiro atoms. The van der Waals surface area contributed by atoms with Crippen LogP contribution in [0.1, 0.15) is 51.9 Å². The minimum atomic E-state index is -2.79. The minimum Gasteiger partial charge on any atom is -0.477 e. The number of hydrogen-bond acceptors (Lipinski definition) is 8. The van der Waals surface area contributed by atoms with Gasteiger partial charge in [-0.05, 0) is 6.42 Å². The summed E-state index contributed by atoms with van der Waals surface area (Å²) < 4.78 is 5.02. The average molecular weight is 393 g/mol. The molecule has 0 aromatic rings. The van der Waals surface area contributed by atoms with Crippen LogP contribution >= 0.6 is 0 Å². The van der Waals surface area contributed by atoms with Gasteiger partial charge < -0.3 is 40.7 Å². The topological polar surface area (TPSA) is 177 Å². The van der Waals surface area contributed by atoms with Crippen molar-refractivity contribution in [3.63, 3.8) is 0 Å². The molecule has 27 heavy (non-hydrogen) atoms. The van der Waals surface area contributed by atoms with Gasteiger partial charge in [0.2, 0.25) is 5.91 Å². The van der Waals surface area contributed by atoms with Gasteiger partial charge >= 0.3 is 5.97 Å². The van der Waals surface area contributed by atoms with E-state index in [9.17, 15) is 30.0 Å². The molecule has 158 valence electrons. The summed E-state index contributed by atoms with van der Waals surface area (Å²) in [5.41, 5.74) is 0. The smallest absolute Gasteiger partial charge is 0.364 e. The van der Waals surface area contributed by atoms with Gasteiger partial charge in [-0.3, -0.25) is 4.79 Å². The largest absolute Gasteiger partial charge is 0.477 e. The van der Waals surface area contributed by atoms with Crippen molar-refractivity contribution in [3.05, 3.63) is 0 Å². The van der Waals surface area contributed by atoms with Gasteiger partial charge in [-0.1, -0.05) is 32.6 Å². The minimum absolute atomic E-state index is 0.168. The van der Waals surface area contributed by atoms with Gasteiger partial charge in [0.15, 0.2) is 0 Å². The highest BCUT2D eigenvalue weighted by Crippen LogP contribution is 2.30. The van der Waals surface area contributed by atoms with Crippen LogP contribution in [0.3, 0.4) is 0 Å². The number of unbranched alkanes of at least 4 members (excludes halogenated alkanes) is 4. The highest BCUT2D eigenvalue weighted by atomic mass is 16.7. The predicted molar refractivity (Wildman–Crippen MR) is 92.5 cm³/mol. The summed E-state index contributed by atoms with van der Waals surface area (Å²) in [6, 6.07) is -1.26. The number of carboxylic acid groups (broad SMARTS) is 1. The zero-order valence-electron chi connectivity index (χ0n) is 15.5. The van der Waals surface area contributed by atoms with Gasteiger partial charge in [0, 0.05) is 12.8 Å². The third-order valence-electron chi connectivity index (χ3n) is 4.67. The van der Waals surface area contributed by atoms with E-state index in [1.807, 2.05) is 0 Å². The standard InChI is InChI=1S/C17H31NO9/c1-2-3-4-5-6-7-12(22)18-13-10(20)8-17(26,16(24)25)27-15(13)14(23)11(21)9-19/h10-11,13-15,19-21,23,26H,2-9H2,1H3,(H,18,22)(H,24,25)/t10-,11+,13+,14+,15+,17-/m0/s1. The van der Waals surface area contributed by atoms with Crippen molar-refractivity contribution in [2.45, 2.75) is 88.1 Å². The maximum absolute atomic E-state index is 12.1. The van der Waals surface area contributed by atoms with Crippen LogP contribution in [-0.2, 0) is 14.3 Å². The Hall–Kier alpha value is -1.30. The molecule has 1 amide bonds. The van der Waals surface area contributed by atoms with Gasteiger partial charge in [-0.2, -0.15) is 0 Å². The Kier molecular flexibility index (Phi) is 9.57. The number of carbonyl (C=O) groups is 2. The summed E-state index contributed by atoms with van der Waals surface area (Å²) in [6.07, 6.45) is -2.69. The molecular formula is C17H31NO9. The Bertz CT molecular complexity index is 489. The van der Waals surface area contributed by atoms with Gasteiger partial charge in [-0.25, -0.2) is 4.79 Å². The average Bonchev–Trinajstić information content (AvgIpc) is 2.62. The molecule has 0 unspecified atom stereocenters. The van der Waals surface area contributed by atoms with Crippen molar-refractivity contribution in [1.29, 1.82) is 0 Å². The van der Waals surface area contributed by atoms with Crippen LogP contribution in [0.15, 0.2) is 0 Å². The summed E-state index contributed by atoms with van der Waals surface area (Å²) in [4.78, 5) is 23.4. The van der Waals surface area contributed by atoms with Gasteiger partial charge in [0.25, 0.3) is 5.79 Å². The number of rotatable bonds is 11. The molecule has 0 aliphatic carbocycles. The van der Waals surface area contributed by atoms with Gasteiger partial charge in [0.05, 0.1) is 18.8 Å². The molecule has 1 fully saturated rings. The van der Waals surface area contributed by atoms with E-state index in [4.69, 9.17) is 14.9 Å². The lowest BCUT2D eigenvalue weighted by Gasteiger charge is -2.44. The third-order valence-corrected chi connectivity index (χ3v) is 4.67. The zero-order chi connectivity index (χ0) is 20.6. The van der Waals surface area contributed by atoms with E-state index in [0.29, 0.717) is 6.42 Å². The van der Waals surface area contributed by atoms with Crippen LogP contribution < -0.4 is 5.32 Å². The molecule has 0 aromatic heterocycles. The second-order valence-corrected chi connectivity index (χ2v) is 6.94. The second-order valence-electron chi connectivity index (χ2n) is 6.94. The Morgan fingerprint density at radius 3 is 2.41 bits per heavy atom. The van der Waals surface area contributed by atoms with Crippen LogP contribution in [0.5, 0.6) is 0 Å². The normalized spacial score (nSPS) is 30.5. The van der Waals surface area contributed by atoms with Crippen molar-refractivity contribution in [3.8, 4) is 0 Å². The summed E-state index contributed by atoms with van der Waals surface area (Å²) in [7, 11) is 0. The van der Waals surface area contributed by atoms with Crippen LogP contribution in [0, 0.1) is 0 Å². The molecular weight excluding hydrogens is 362 g/mol. The number of carbonyl (C=O) groups excluding carboxylic acids is 1. The van der Waals surface area contributed by atoms with E-state index in [2.05, 4.69) is 12.2 Å². The highest BCUT2D eigenvalue weighted by molar-refractivity contribution is 5.77. The molecule has 0 radical (unpaired) electrons. The number of aliphatic hydroxyl groups is 5. The van der Waals surface area contributed by atoms with E-state index in [1.165, 1.54) is 0 Å². The lowest BCUT2D eigenvalue weighted by atomic mass is 9.88. The predicted octanol–water partition coefficient (Wildman–Crippen LogP) is -1.53. The number of hydrogen-bond donors (Lipinski definition) is 7. The number of nitrogens with one attached hydrogen (secondary N) is 1. The molecule has 0 saturated carbocycles. The van der Waals surface area contributed by atoms with Crippen LogP contribution in [0.4, 0.5) is 0 Å². The molecule has 0 bridgehead atoms. The number of aliphatic carboxylic acids is 1. The van der Waals surface area contributed by atoms with Crippen molar-refractivity contribution >= 4 is 11.9 Å². The van der Waals surface area contributed by atoms with E-state index >= 15 is 0 Å². The Morgan fingerprint density at radius 2 is 1.85 bits per heavy atom. The molecule has 10 nitrogen and oxygen atoms in total. The van der Waals surface area contributed by atoms with E-state index in [-0.39, 0.29) is 6.42 Å². The van der Waals surface area contributed by atoms with Crippen molar-refractivity contribution in [2.24, 2.45) is 0 Å². The first kappa shape index (κ1) is 23.7. The van der Waals surface area contributed by atoms with E-state index < -0.39 is 61.1 Å². The molecule has 1 aliphatic rings. The fourth-order valence-corrected chi connectivity index (χ4v) is 3.05. The fraction of sp³-hybridized carbons (Fsp3) is 0.882. The Labute approximate surface area is 157 Å². The monoisotopic (exact) mass is 393 g/mol.